The zero-order valence-corrected chi connectivity index (χ0v) is 26.0. The normalized spacial score (nSPS) is 16.2. The monoisotopic (exact) mass is 644 g/mol. The molecule has 2 bridgehead atoms. The van der Waals surface area contributed by atoms with Crippen molar-refractivity contribution in [3.05, 3.63) is 83.4 Å². The van der Waals surface area contributed by atoms with E-state index in [9.17, 15) is 14.4 Å². The zero-order chi connectivity index (χ0) is 32.5. The second kappa shape index (κ2) is 15.1. The first-order valence-corrected chi connectivity index (χ1v) is 15.1. The van der Waals surface area contributed by atoms with E-state index in [0.29, 0.717) is 53.3 Å². The van der Waals surface area contributed by atoms with Crippen molar-refractivity contribution in [1.29, 1.82) is 0 Å². The van der Waals surface area contributed by atoms with Crippen LogP contribution in [0.4, 0.5) is 16.2 Å². The van der Waals surface area contributed by atoms with Crippen LogP contribution in [0.5, 0.6) is 0 Å². The average molecular weight is 645 g/mol. The summed E-state index contributed by atoms with van der Waals surface area (Å²) in [6.07, 6.45) is 9.89. The van der Waals surface area contributed by atoms with Crippen LogP contribution in [0.15, 0.2) is 67.3 Å². The number of anilines is 2. The van der Waals surface area contributed by atoms with E-state index in [1.807, 2.05) is 12.1 Å². The molecular weight excluding hydrogens is 612 g/mol. The van der Waals surface area contributed by atoms with E-state index in [1.54, 1.807) is 55.7 Å². The Balaban J connectivity index is 1.45. The standard InChI is InChI=1S/C32H33ClN8O5/c1-3-46-31(43)27-7-5-4-6-26(38-30(42)13-8-20-15-23(33)9-12-29(20)41-19-35-39-40-41)22-14-21(17-34-18-22)25-11-10-24(16-28(25)37-27)36-32(44)45-2/h8-19,26-27,37H,3-7H2,1-2H3,(H,36,44)(H,38,42)/t26-,27+/m0/s1. The number of ether oxygens (including phenoxy) is 2. The van der Waals surface area contributed by atoms with Crippen LogP contribution >= 0.6 is 11.6 Å². The topological polar surface area (TPSA) is 162 Å². The molecule has 2 aromatic carbocycles. The number of halogens is 1. The van der Waals surface area contributed by atoms with Gasteiger partial charge < -0.3 is 20.1 Å². The molecule has 3 N–H and O–H groups in total. The lowest BCUT2D eigenvalue weighted by Crippen LogP contribution is -2.32. The first-order valence-electron chi connectivity index (χ1n) is 14.7. The fourth-order valence-electron chi connectivity index (χ4n) is 5.18. The Hall–Kier alpha value is -5.30. The molecule has 2 atom stereocenters. The zero-order valence-electron chi connectivity index (χ0n) is 25.3. The summed E-state index contributed by atoms with van der Waals surface area (Å²) in [6, 6.07) is 11.5. The summed E-state index contributed by atoms with van der Waals surface area (Å²) in [7, 11) is 1.28. The highest BCUT2D eigenvalue weighted by Gasteiger charge is 2.24. The van der Waals surface area contributed by atoms with Gasteiger partial charge in [0.05, 0.1) is 25.4 Å². The number of tetrazole rings is 1. The van der Waals surface area contributed by atoms with Crippen molar-refractivity contribution in [1.82, 2.24) is 30.5 Å². The van der Waals surface area contributed by atoms with Gasteiger partial charge in [0.25, 0.3) is 0 Å². The minimum Gasteiger partial charge on any atom is -0.464 e. The Morgan fingerprint density at radius 3 is 2.74 bits per heavy atom. The van der Waals surface area contributed by atoms with Gasteiger partial charge >= 0.3 is 12.1 Å². The Labute approximate surface area is 270 Å². The Morgan fingerprint density at radius 2 is 1.96 bits per heavy atom. The number of aromatic nitrogens is 5. The van der Waals surface area contributed by atoms with E-state index in [2.05, 4.69) is 36.5 Å². The first-order chi connectivity index (χ1) is 22.3. The summed E-state index contributed by atoms with van der Waals surface area (Å²) in [5, 5.41) is 20.9. The molecule has 1 aliphatic heterocycles. The molecule has 13 nitrogen and oxygen atoms in total. The van der Waals surface area contributed by atoms with E-state index < -0.39 is 12.1 Å². The summed E-state index contributed by atoms with van der Waals surface area (Å²) in [5.74, 6) is -0.684. The minimum absolute atomic E-state index is 0.244. The van der Waals surface area contributed by atoms with Crippen LogP contribution < -0.4 is 16.0 Å². The van der Waals surface area contributed by atoms with Crippen molar-refractivity contribution in [2.75, 3.05) is 24.4 Å². The van der Waals surface area contributed by atoms with Gasteiger partial charge in [0, 0.05) is 51.6 Å². The predicted molar refractivity (Wildman–Crippen MR) is 172 cm³/mol. The molecule has 3 heterocycles. The van der Waals surface area contributed by atoms with Crippen LogP contribution in [0.1, 0.15) is 49.8 Å². The molecule has 238 valence electrons. The summed E-state index contributed by atoms with van der Waals surface area (Å²) in [6.45, 7) is 2.01. The van der Waals surface area contributed by atoms with Crippen molar-refractivity contribution in [3.63, 3.8) is 0 Å². The maximum absolute atomic E-state index is 13.3. The van der Waals surface area contributed by atoms with Gasteiger partial charge in [-0.2, -0.15) is 4.68 Å². The highest BCUT2D eigenvalue weighted by Crippen LogP contribution is 2.34. The molecule has 0 fully saturated rings. The number of fused-ring (bicyclic) bond motifs is 4. The largest absolute Gasteiger partial charge is 0.464 e. The van der Waals surface area contributed by atoms with Crippen LogP contribution in [0.3, 0.4) is 0 Å². The first kappa shape index (κ1) is 32.1. The molecule has 1 aliphatic rings. The molecule has 2 amide bonds. The smallest absolute Gasteiger partial charge is 0.411 e. The molecule has 2 aromatic heterocycles. The summed E-state index contributed by atoms with van der Waals surface area (Å²) in [5.41, 5.74) is 4.74. The number of carbonyl (C=O) groups is 3. The van der Waals surface area contributed by atoms with Gasteiger partial charge in [0.2, 0.25) is 5.91 Å². The number of hydrogen-bond donors (Lipinski definition) is 3. The number of carbonyl (C=O) groups excluding carboxylic acids is 3. The molecular formula is C32H33ClN8O5. The molecule has 0 saturated carbocycles. The number of rotatable bonds is 7. The Bertz CT molecular complexity index is 1730. The van der Waals surface area contributed by atoms with Crippen LogP contribution in [-0.2, 0) is 19.1 Å². The number of nitrogens with one attached hydrogen (secondary N) is 3. The van der Waals surface area contributed by atoms with Gasteiger partial charge in [0.15, 0.2) is 0 Å². The van der Waals surface area contributed by atoms with Gasteiger partial charge in [-0.1, -0.05) is 30.5 Å². The molecule has 0 spiro atoms. The van der Waals surface area contributed by atoms with Crippen LogP contribution in [0.25, 0.3) is 22.9 Å². The lowest BCUT2D eigenvalue weighted by molar-refractivity contribution is -0.144. The van der Waals surface area contributed by atoms with Crippen molar-refractivity contribution in [2.24, 2.45) is 0 Å². The molecule has 0 radical (unpaired) electrons. The number of benzene rings is 2. The number of esters is 1. The molecule has 14 heteroatoms. The van der Waals surface area contributed by atoms with Crippen LogP contribution in [-0.4, -0.2) is 62.9 Å². The number of methoxy groups -OCH3 is 1. The van der Waals surface area contributed by atoms with Gasteiger partial charge in [-0.05, 0) is 78.2 Å². The number of hydrogen-bond acceptors (Lipinski definition) is 10. The lowest BCUT2D eigenvalue weighted by atomic mass is 9.95. The van der Waals surface area contributed by atoms with Gasteiger partial charge in [-0.15, -0.1) is 5.10 Å². The van der Waals surface area contributed by atoms with Crippen molar-refractivity contribution in [3.8, 4) is 16.8 Å². The molecule has 4 aromatic rings. The van der Waals surface area contributed by atoms with Gasteiger partial charge in [-0.25, -0.2) is 9.59 Å². The number of amides is 2. The summed E-state index contributed by atoms with van der Waals surface area (Å²) >= 11 is 6.24. The third kappa shape index (κ3) is 8.04. The molecule has 46 heavy (non-hydrogen) atoms. The predicted octanol–water partition coefficient (Wildman–Crippen LogP) is 5.34. The van der Waals surface area contributed by atoms with Crippen LogP contribution in [0, 0.1) is 0 Å². The minimum atomic E-state index is -0.634. The Kier molecular flexibility index (Phi) is 10.6. The number of nitrogens with zero attached hydrogens (tertiary/aromatic N) is 5. The third-order valence-corrected chi connectivity index (χ3v) is 7.61. The maximum Gasteiger partial charge on any atom is 0.411 e. The molecule has 0 unspecified atom stereocenters. The quantitative estimate of drug-likeness (QED) is 0.177. The number of pyridine rings is 1. The van der Waals surface area contributed by atoms with Crippen molar-refractivity contribution in [2.45, 2.75) is 44.7 Å². The van der Waals surface area contributed by atoms with E-state index in [1.165, 1.54) is 24.2 Å². The van der Waals surface area contributed by atoms with E-state index >= 15 is 0 Å². The lowest BCUT2D eigenvalue weighted by Gasteiger charge is -2.24. The second-order valence-corrected chi connectivity index (χ2v) is 10.9. The maximum atomic E-state index is 13.3. The second-order valence-electron chi connectivity index (χ2n) is 10.5. The highest BCUT2D eigenvalue weighted by atomic mass is 35.5. The fourth-order valence-corrected chi connectivity index (χ4v) is 5.36. The van der Waals surface area contributed by atoms with E-state index in [0.717, 1.165) is 16.7 Å². The average Bonchev–Trinajstić information content (AvgIpc) is 3.59. The van der Waals surface area contributed by atoms with Crippen molar-refractivity contribution >= 4 is 47.0 Å². The third-order valence-electron chi connectivity index (χ3n) is 7.38. The summed E-state index contributed by atoms with van der Waals surface area (Å²) in [4.78, 5) is 42.6. The van der Waals surface area contributed by atoms with E-state index in [-0.39, 0.29) is 24.5 Å². The SMILES string of the molecule is CCOC(=O)[C@H]1CCCC[C@H](NC(=O)C=Cc2cc(Cl)ccc2-n2cnnn2)c2cncc(c2)-c2ccc(NC(=O)OC)cc2N1. The highest BCUT2D eigenvalue weighted by molar-refractivity contribution is 6.30. The van der Waals surface area contributed by atoms with E-state index in [4.69, 9.17) is 21.1 Å². The fraction of sp³-hybridized carbons (Fsp3) is 0.281. The van der Waals surface area contributed by atoms with Gasteiger partial charge in [0.1, 0.15) is 12.4 Å². The van der Waals surface area contributed by atoms with Crippen LogP contribution in [0.2, 0.25) is 5.02 Å². The molecule has 5 rings (SSSR count). The van der Waals surface area contributed by atoms with Crippen molar-refractivity contribution < 1.29 is 23.9 Å². The molecule has 0 aliphatic carbocycles. The Morgan fingerprint density at radius 1 is 1.11 bits per heavy atom. The van der Waals surface area contributed by atoms with Gasteiger partial charge in [-0.3, -0.25) is 15.1 Å². The summed E-state index contributed by atoms with van der Waals surface area (Å²) < 4.78 is 11.6. The molecule has 0 saturated heterocycles.